The highest BCUT2D eigenvalue weighted by molar-refractivity contribution is 5.79. The number of likely N-dealkylation sites (tertiary alicyclic amines) is 1. The van der Waals surface area contributed by atoms with E-state index in [1.54, 1.807) is 0 Å². The largest absolute Gasteiger partial charge is 0.373 e. The first kappa shape index (κ1) is 17.7. The van der Waals surface area contributed by atoms with Gasteiger partial charge in [-0.15, -0.1) is 0 Å². The fourth-order valence-electron chi connectivity index (χ4n) is 4.78. The Balaban J connectivity index is 1.54. The fraction of sp³-hybridized carbons (Fsp3) is 0.750. The summed E-state index contributed by atoms with van der Waals surface area (Å²) in [5, 5.41) is 3.28. The van der Waals surface area contributed by atoms with Gasteiger partial charge in [-0.05, 0) is 32.7 Å². The average Bonchev–Trinajstić information content (AvgIpc) is 3.21. The highest BCUT2D eigenvalue weighted by Gasteiger charge is 2.32. The Bertz CT molecular complexity index is 653. The number of aromatic nitrogens is 2. The Kier molecular flexibility index (Phi) is 5.11. The molecular formula is C20H31N5O. The number of nitrogens with one attached hydrogen (secondary N) is 1. The molecule has 1 saturated carbocycles. The van der Waals surface area contributed by atoms with Crippen LogP contribution in [0.25, 0.3) is 0 Å². The number of hydrogen-bond acceptors (Lipinski definition) is 5. The van der Waals surface area contributed by atoms with E-state index in [0.29, 0.717) is 5.91 Å². The first-order chi connectivity index (χ1) is 12.7. The van der Waals surface area contributed by atoms with Crippen LogP contribution in [-0.2, 0) is 17.8 Å². The Morgan fingerprint density at radius 3 is 2.69 bits per heavy atom. The quantitative estimate of drug-likeness (QED) is 0.900. The summed E-state index contributed by atoms with van der Waals surface area (Å²) < 4.78 is 0. The van der Waals surface area contributed by atoms with Gasteiger partial charge >= 0.3 is 0 Å². The van der Waals surface area contributed by atoms with Crippen molar-refractivity contribution in [2.24, 2.45) is 5.92 Å². The average molecular weight is 358 g/mol. The molecule has 1 aromatic rings. The lowest BCUT2D eigenvalue weighted by atomic mass is 9.94. The highest BCUT2D eigenvalue weighted by atomic mass is 16.2. The molecule has 3 aliphatic rings. The van der Waals surface area contributed by atoms with Crippen molar-refractivity contribution in [1.82, 2.24) is 19.8 Å². The zero-order chi connectivity index (χ0) is 18.1. The summed E-state index contributed by atoms with van der Waals surface area (Å²) in [7, 11) is 4.09. The SMILES string of the molecule is CNc1nc([C@H]2CCCN(C(=O)C3CCCC3)C2)nc2c1CN(C)CC2. The third kappa shape index (κ3) is 3.43. The summed E-state index contributed by atoms with van der Waals surface area (Å²) >= 11 is 0. The first-order valence-corrected chi connectivity index (χ1v) is 10.2. The van der Waals surface area contributed by atoms with Crippen molar-refractivity contribution < 1.29 is 4.79 Å². The van der Waals surface area contributed by atoms with E-state index in [1.165, 1.54) is 24.1 Å². The molecule has 2 fully saturated rings. The number of fused-ring (bicyclic) bond motifs is 1. The molecule has 6 heteroatoms. The van der Waals surface area contributed by atoms with E-state index >= 15 is 0 Å². The summed E-state index contributed by atoms with van der Waals surface area (Å²) in [6.45, 7) is 3.64. The van der Waals surface area contributed by atoms with Crippen LogP contribution in [0.2, 0.25) is 0 Å². The molecule has 142 valence electrons. The number of carbonyl (C=O) groups is 1. The second-order valence-corrected chi connectivity index (χ2v) is 8.20. The van der Waals surface area contributed by atoms with Crippen molar-refractivity contribution in [3.8, 4) is 0 Å². The molecule has 0 aromatic carbocycles. The summed E-state index contributed by atoms with van der Waals surface area (Å²) in [5.41, 5.74) is 2.43. The Morgan fingerprint density at radius 2 is 1.92 bits per heavy atom. The highest BCUT2D eigenvalue weighted by Crippen LogP contribution is 2.32. The van der Waals surface area contributed by atoms with E-state index in [0.717, 1.165) is 69.9 Å². The van der Waals surface area contributed by atoms with Gasteiger partial charge < -0.3 is 15.1 Å². The molecule has 1 aliphatic carbocycles. The number of hydrogen-bond donors (Lipinski definition) is 1. The van der Waals surface area contributed by atoms with Gasteiger partial charge in [0.15, 0.2) is 0 Å². The van der Waals surface area contributed by atoms with Crippen molar-refractivity contribution in [2.75, 3.05) is 39.0 Å². The molecule has 0 spiro atoms. The molecule has 0 radical (unpaired) electrons. The van der Waals surface area contributed by atoms with Gasteiger partial charge in [0.2, 0.25) is 5.91 Å². The predicted molar refractivity (Wildman–Crippen MR) is 102 cm³/mol. The molecule has 0 bridgehead atoms. The van der Waals surface area contributed by atoms with Crippen LogP contribution in [0.15, 0.2) is 0 Å². The monoisotopic (exact) mass is 357 g/mol. The molecule has 4 rings (SSSR count). The van der Waals surface area contributed by atoms with Gasteiger partial charge in [0.05, 0.1) is 5.69 Å². The maximum absolute atomic E-state index is 12.8. The van der Waals surface area contributed by atoms with Gasteiger partial charge in [-0.1, -0.05) is 12.8 Å². The van der Waals surface area contributed by atoms with Crippen LogP contribution >= 0.6 is 0 Å². The van der Waals surface area contributed by atoms with Gasteiger partial charge in [0.25, 0.3) is 0 Å². The third-order valence-corrected chi connectivity index (χ3v) is 6.31. The van der Waals surface area contributed by atoms with Crippen molar-refractivity contribution in [1.29, 1.82) is 0 Å². The minimum absolute atomic E-state index is 0.265. The third-order valence-electron chi connectivity index (χ3n) is 6.31. The number of rotatable bonds is 3. The van der Waals surface area contributed by atoms with Gasteiger partial charge in [-0.25, -0.2) is 9.97 Å². The molecular weight excluding hydrogens is 326 g/mol. The van der Waals surface area contributed by atoms with Crippen molar-refractivity contribution in [2.45, 2.75) is 57.4 Å². The van der Waals surface area contributed by atoms with Crippen molar-refractivity contribution in [3.05, 3.63) is 17.1 Å². The molecule has 1 amide bonds. The summed E-state index contributed by atoms with van der Waals surface area (Å²) in [6, 6.07) is 0. The molecule has 6 nitrogen and oxygen atoms in total. The summed E-state index contributed by atoms with van der Waals surface area (Å²) in [6.07, 6.45) is 7.69. The van der Waals surface area contributed by atoms with Crippen LogP contribution in [0.1, 0.15) is 61.5 Å². The standard InChI is InChI=1S/C20H31N5O/c1-21-19-16-13-24(2)11-9-17(16)22-18(23-19)15-8-5-10-25(12-15)20(26)14-6-3-4-7-14/h14-15H,3-13H2,1-2H3,(H,21,22,23)/t15-/m0/s1. The number of amides is 1. The van der Waals surface area contributed by atoms with E-state index in [1.807, 2.05) is 7.05 Å². The Labute approximate surface area is 156 Å². The second-order valence-electron chi connectivity index (χ2n) is 8.20. The molecule has 1 N–H and O–H groups in total. The molecule has 1 aromatic heterocycles. The van der Waals surface area contributed by atoms with Gasteiger partial charge in [0, 0.05) is 57.0 Å². The van der Waals surface area contributed by atoms with Crippen LogP contribution in [-0.4, -0.2) is 59.4 Å². The molecule has 2 aliphatic heterocycles. The lowest BCUT2D eigenvalue weighted by Crippen LogP contribution is -2.42. The second kappa shape index (κ2) is 7.51. The minimum atomic E-state index is 0.265. The van der Waals surface area contributed by atoms with Crippen LogP contribution in [0.5, 0.6) is 0 Å². The molecule has 0 unspecified atom stereocenters. The number of carbonyl (C=O) groups excluding carboxylic acids is 1. The Hall–Kier alpha value is -1.69. The number of nitrogens with zero attached hydrogens (tertiary/aromatic N) is 4. The van der Waals surface area contributed by atoms with Crippen LogP contribution in [0.3, 0.4) is 0 Å². The van der Waals surface area contributed by atoms with E-state index in [-0.39, 0.29) is 11.8 Å². The summed E-state index contributed by atoms with van der Waals surface area (Å²) in [5.74, 6) is 2.81. The number of anilines is 1. The fourth-order valence-corrected chi connectivity index (χ4v) is 4.78. The van der Waals surface area contributed by atoms with Crippen molar-refractivity contribution in [3.63, 3.8) is 0 Å². The Morgan fingerprint density at radius 1 is 1.12 bits per heavy atom. The smallest absolute Gasteiger partial charge is 0.225 e. The lowest BCUT2D eigenvalue weighted by molar-refractivity contribution is -0.136. The first-order valence-electron chi connectivity index (χ1n) is 10.2. The molecule has 1 saturated heterocycles. The van der Waals surface area contributed by atoms with Crippen molar-refractivity contribution >= 4 is 11.7 Å². The number of likely N-dealkylation sites (N-methyl/N-ethyl adjacent to an activating group) is 1. The zero-order valence-electron chi connectivity index (χ0n) is 16.1. The lowest BCUT2D eigenvalue weighted by Gasteiger charge is -2.34. The maximum Gasteiger partial charge on any atom is 0.225 e. The molecule has 1 atom stereocenters. The van der Waals surface area contributed by atoms with Gasteiger partial charge in [0.1, 0.15) is 11.6 Å². The zero-order valence-corrected chi connectivity index (χ0v) is 16.1. The van der Waals surface area contributed by atoms with Gasteiger partial charge in [-0.3, -0.25) is 4.79 Å². The summed E-state index contributed by atoms with van der Waals surface area (Å²) in [4.78, 5) is 27.1. The predicted octanol–water partition coefficient (Wildman–Crippen LogP) is 2.40. The topological polar surface area (TPSA) is 61.4 Å². The number of piperidine rings is 1. The van der Waals surface area contributed by atoms with E-state index in [4.69, 9.17) is 9.97 Å². The van der Waals surface area contributed by atoms with Crippen LogP contribution in [0, 0.1) is 5.92 Å². The maximum atomic E-state index is 12.8. The normalized spacial score (nSPS) is 24.5. The molecule has 3 heterocycles. The van der Waals surface area contributed by atoms with E-state index < -0.39 is 0 Å². The van der Waals surface area contributed by atoms with E-state index in [2.05, 4.69) is 22.2 Å². The van der Waals surface area contributed by atoms with Crippen LogP contribution < -0.4 is 5.32 Å². The van der Waals surface area contributed by atoms with Gasteiger partial charge in [-0.2, -0.15) is 0 Å². The van der Waals surface area contributed by atoms with E-state index in [9.17, 15) is 4.79 Å². The minimum Gasteiger partial charge on any atom is -0.373 e. The van der Waals surface area contributed by atoms with Crippen LogP contribution in [0.4, 0.5) is 5.82 Å². The molecule has 26 heavy (non-hydrogen) atoms.